The van der Waals surface area contributed by atoms with Crippen LogP contribution in [0.15, 0.2) is 81.2 Å². The van der Waals surface area contributed by atoms with Gasteiger partial charge in [-0.05, 0) is 36.2 Å². The molecule has 0 radical (unpaired) electrons. The van der Waals surface area contributed by atoms with Crippen LogP contribution < -0.4 is 5.56 Å². The maximum atomic E-state index is 13.5. The maximum absolute atomic E-state index is 13.5. The molecule has 0 spiro atoms. The van der Waals surface area contributed by atoms with Crippen LogP contribution in [-0.4, -0.2) is 21.6 Å². The molecule has 0 saturated carbocycles. The SMILES string of the molecule is Cc1ccc2c(-c3ccccc3)c(C3=NN(C(=O)C(C)C)[C@@H](c4ccco4)C3)c(=O)[nH]c2c1. The molecular weight excluding hydrogens is 414 g/mol. The Morgan fingerprint density at radius 3 is 2.58 bits per heavy atom. The third-order valence-corrected chi connectivity index (χ3v) is 6.02. The number of carbonyl (C=O) groups excluding carboxylic acids is 1. The molecule has 1 aliphatic heterocycles. The van der Waals surface area contributed by atoms with Gasteiger partial charge in [0.2, 0.25) is 5.91 Å². The number of benzene rings is 2. The molecule has 1 N–H and O–H groups in total. The summed E-state index contributed by atoms with van der Waals surface area (Å²) >= 11 is 0. The number of nitrogens with one attached hydrogen (secondary N) is 1. The molecular formula is C27H25N3O3. The van der Waals surface area contributed by atoms with Crippen LogP contribution in [0.4, 0.5) is 0 Å². The highest BCUT2D eigenvalue weighted by atomic mass is 16.3. The Kier molecular flexibility index (Phi) is 5.21. The van der Waals surface area contributed by atoms with Crippen molar-refractivity contribution in [1.29, 1.82) is 0 Å². The van der Waals surface area contributed by atoms with Crippen molar-refractivity contribution in [3.8, 4) is 11.1 Å². The Bertz CT molecular complexity index is 1420. The van der Waals surface area contributed by atoms with Crippen LogP contribution in [0.1, 0.15) is 43.2 Å². The second-order valence-electron chi connectivity index (χ2n) is 8.74. The van der Waals surface area contributed by atoms with E-state index in [-0.39, 0.29) is 23.4 Å². The fourth-order valence-corrected chi connectivity index (χ4v) is 4.42. The van der Waals surface area contributed by atoms with E-state index in [1.54, 1.807) is 12.3 Å². The summed E-state index contributed by atoms with van der Waals surface area (Å²) in [6.45, 7) is 5.68. The first-order valence-electron chi connectivity index (χ1n) is 11.1. The number of nitrogens with zero attached hydrogens (tertiary/aromatic N) is 2. The predicted octanol–water partition coefficient (Wildman–Crippen LogP) is 5.43. The highest BCUT2D eigenvalue weighted by Crippen LogP contribution is 2.37. The van der Waals surface area contributed by atoms with Gasteiger partial charge in [0, 0.05) is 28.8 Å². The maximum Gasteiger partial charge on any atom is 0.258 e. The van der Waals surface area contributed by atoms with Crippen LogP contribution >= 0.6 is 0 Å². The number of H-pyrrole nitrogens is 1. The van der Waals surface area contributed by atoms with E-state index in [0.717, 1.165) is 27.6 Å². The third-order valence-electron chi connectivity index (χ3n) is 6.02. The molecule has 3 heterocycles. The number of pyridine rings is 1. The molecule has 5 rings (SSSR count). The minimum atomic E-state index is -0.387. The van der Waals surface area contributed by atoms with Gasteiger partial charge in [-0.1, -0.05) is 56.3 Å². The molecule has 2 aromatic carbocycles. The van der Waals surface area contributed by atoms with Crippen molar-refractivity contribution in [2.24, 2.45) is 11.0 Å². The van der Waals surface area contributed by atoms with Gasteiger partial charge in [-0.25, -0.2) is 5.01 Å². The smallest absolute Gasteiger partial charge is 0.258 e. The lowest BCUT2D eigenvalue weighted by molar-refractivity contribution is -0.136. The number of hydrogen-bond acceptors (Lipinski definition) is 4. The topological polar surface area (TPSA) is 78.7 Å². The van der Waals surface area contributed by atoms with E-state index >= 15 is 0 Å². The van der Waals surface area contributed by atoms with E-state index in [1.807, 2.05) is 75.4 Å². The minimum absolute atomic E-state index is 0.111. The molecule has 33 heavy (non-hydrogen) atoms. The van der Waals surface area contributed by atoms with E-state index in [9.17, 15) is 9.59 Å². The monoisotopic (exact) mass is 439 g/mol. The number of aromatic amines is 1. The van der Waals surface area contributed by atoms with Gasteiger partial charge in [0.1, 0.15) is 11.8 Å². The van der Waals surface area contributed by atoms with E-state index in [4.69, 9.17) is 9.52 Å². The second-order valence-corrected chi connectivity index (χ2v) is 8.74. The fraction of sp³-hybridized carbons (Fsp3) is 0.222. The van der Waals surface area contributed by atoms with Gasteiger partial charge in [0.25, 0.3) is 5.56 Å². The molecule has 6 nitrogen and oxygen atoms in total. The molecule has 0 saturated heterocycles. The van der Waals surface area contributed by atoms with Gasteiger partial charge in [-0.15, -0.1) is 0 Å². The van der Waals surface area contributed by atoms with Gasteiger partial charge in [-0.2, -0.15) is 5.10 Å². The van der Waals surface area contributed by atoms with Gasteiger partial charge in [0.05, 0.1) is 17.5 Å². The van der Waals surface area contributed by atoms with Crippen molar-refractivity contribution in [3.05, 3.63) is 94.2 Å². The van der Waals surface area contributed by atoms with Gasteiger partial charge in [0.15, 0.2) is 0 Å². The van der Waals surface area contributed by atoms with E-state index in [0.29, 0.717) is 23.5 Å². The molecule has 0 aliphatic carbocycles. The Labute approximate surface area is 191 Å². The van der Waals surface area contributed by atoms with Crippen molar-refractivity contribution in [1.82, 2.24) is 9.99 Å². The average molecular weight is 440 g/mol. The van der Waals surface area contributed by atoms with E-state index < -0.39 is 0 Å². The first kappa shape index (κ1) is 20.9. The number of hydrazone groups is 1. The van der Waals surface area contributed by atoms with Crippen LogP contribution in [-0.2, 0) is 4.79 Å². The quantitative estimate of drug-likeness (QED) is 0.460. The second kappa shape index (κ2) is 8.20. The van der Waals surface area contributed by atoms with Crippen molar-refractivity contribution in [3.63, 3.8) is 0 Å². The molecule has 0 unspecified atom stereocenters. The first-order valence-corrected chi connectivity index (χ1v) is 11.1. The normalized spacial score (nSPS) is 15.9. The molecule has 166 valence electrons. The average Bonchev–Trinajstić information content (AvgIpc) is 3.48. The lowest BCUT2D eigenvalue weighted by Gasteiger charge is -2.21. The van der Waals surface area contributed by atoms with E-state index in [1.165, 1.54) is 5.01 Å². The lowest BCUT2D eigenvalue weighted by atomic mass is 9.91. The zero-order valence-corrected chi connectivity index (χ0v) is 18.8. The summed E-state index contributed by atoms with van der Waals surface area (Å²) in [5.74, 6) is 0.300. The van der Waals surface area contributed by atoms with Crippen LogP contribution in [0.25, 0.3) is 22.0 Å². The van der Waals surface area contributed by atoms with Crippen molar-refractivity contribution in [2.45, 2.75) is 33.2 Å². The Hall–Kier alpha value is -3.93. The number of furan rings is 1. The number of aromatic nitrogens is 1. The standard InChI is InChI=1S/C27H25N3O3/c1-16(2)27(32)30-22(23-10-7-13-33-23)15-21(29-30)25-24(18-8-5-4-6-9-18)19-12-11-17(3)14-20(19)28-26(25)31/h4-14,16,22H,15H2,1-3H3,(H,28,31)/t22-/m1/s1. The molecule has 0 fully saturated rings. The molecule has 1 aliphatic rings. The highest BCUT2D eigenvalue weighted by molar-refractivity contribution is 6.12. The molecule has 1 atom stereocenters. The predicted molar refractivity (Wildman–Crippen MR) is 129 cm³/mol. The Morgan fingerprint density at radius 2 is 1.88 bits per heavy atom. The molecule has 2 aromatic heterocycles. The van der Waals surface area contributed by atoms with Crippen molar-refractivity contribution in [2.75, 3.05) is 0 Å². The summed E-state index contributed by atoms with van der Waals surface area (Å²) in [6.07, 6.45) is 1.98. The number of amides is 1. The Balaban J connectivity index is 1.75. The summed E-state index contributed by atoms with van der Waals surface area (Å²) in [6, 6.07) is 19.1. The van der Waals surface area contributed by atoms with Crippen LogP contribution in [0, 0.1) is 12.8 Å². The molecule has 6 heteroatoms. The number of rotatable bonds is 4. The lowest BCUT2D eigenvalue weighted by Crippen LogP contribution is -2.30. The first-order chi connectivity index (χ1) is 15.9. The fourth-order valence-electron chi connectivity index (χ4n) is 4.42. The zero-order valence-electron chi connectivity index (χ0n) is 18.8. The van der Waals surface area contributed by atoms with Crippen LogP contribution in [0.2, 0.25) is 0 Å². The van der Waals surface area contributed by atoms with Gasteiger partial charge < -0.3 is 9.40 Å². The molecule has 0 bridgehead atoms. The summed E-state index contributed by atoms with van der Waals surface area (Å²) in [5.41, 5.74) is 4.45. The van der Waals surface area contributed by atoms with Gasteiger partial charge in [-0.3, -0.25) is 9.59 Å². The zero-order chi connectivity index (χ0) is 23.1. The van der Waals surface area contributed by atoms with Crippen molar-refractivity contribution >= 4 is 22.5 Å². The number of fused-ring (bicyclic) bond motifs is 1. The van der Waals surface area contributed by atoms with Gasteiger partial charge >= 0.3 is 0 Å². The highest BCUT2D eigenvalue weighted by Gasteiger charge is 2.37. The molecule has 4 aromatic rings. The van der Waals surface area contributed by atoms with E-state index in [2.05, 4.69) is 4.98 Å². The van der Waals surface area contributed by atoms with Crippen LogP contribution in [0.5, 0.6) is 0 Å². The van der Waals surface area contributed by atoms with Crippen LogP contribution in [0.3, 0.4) is 0 Å². The number of carbonyl (C=O) groups is 1. The Morgan fingerprint density at radius 1 is 1.09 bits per heavy atom. The summed E-state index contributed by atoms with van der Waals surface area (Å²) in [4.78, 5) is 29.5. The number of aryl methyl sites for hydroxylation is 1. The summed E-state index contributed by atoms with van der Waals surface area (Å²) in [7, 11) is 0. The third kappa shape index (κ3) is 3.67. The summed E-state index contributed by atoms with van der Waals surface area (Å²) < 4.78 is 5.64. The molecule has 1 amide bonds. The number of hydrogen-bond donors (Lipinski definition) is 1. The largest absolute Gasteiger partial charge is 0.467 e. The van der Waals surface area contributed by atoms with Crippen molar-refractivity contribution < 1.29 is 9.21 Å². The minimum Gasteiger partial charge on any atom is -0.467 e. The summed E-state index contributed by atoms with van der Waals surface area (Å²) in [5, 5.41) is 7.12.